The number of methoxy groups -OCH3 is 3. The van der Waals surface area contributed by atoms with E-state index in [1.54, 1.807) is 74.9 Å². The second-order valence-electron chi connectivity index (χ2n) is 7.49. The summed E-state index contributed by atoms with van der Waals surface area (Å²) >= 11 is 0. The van der Waals surface area contributed by atoms with Crippen molar-refractivity contribution in [3.8, 4) is 45.8 Å². The minimum atomic E-state index is -0.572. The van der Waals surface area contributed by atoms with Crippen LogP contribution < -0.4 is 25.5 Å². The predicted octanol–water partition coefficient (Wildman–Crippen LogP) is 3.42. The summed E-state index contributed by atoms with van der Waals surface area (Å²) in [6.07, 6.45) is 0. The Bertz CT molecular complexity index is 1650. The van der Waals surface area contributed by atoms with Crippen LogP contribution >= 0.6 is 0 Å². The molecule has 35 heavy (non-hydrogen) atoms. The molecule has 0 saturated heterocycles. The molecule has 0 atom stereocenters. The molecule has 1 N–H and O–H groups in total. The summed E-state index contributed by atoms with van der Waals surface area (Å²) in [5.74, 6) is 2.15. The Morgan fingerprint density at radius 2 is 1.71 bits per heavy atom. The van der Waals surface area contributed by atoms with E-state index >= 15 is 0 Å². The highest BCUT2D eigenvalue weighted by Crippen LogP contribution is 2.37. The molecule has 0 aliphatic rings. The molecular weight excluding hydrogens is 452 g/mol. The van der Waals surface area contributed by atoms with Gasteiger partial charge in [-0.1, -0.05) is 11.2 Å². The fourth-order valence-corrected chi connectivity index (χ4v) is 3.83. The van der Waals surface area contributed by atoms with Gasteiger partial charge in [0.15, 0.2) is 11.5 Å². The summed E-state index contributed by atoms with van der Waals surface area (Å²) in [6.45, 7) is 0. The smallest absolute Gasteiger partial charge is 0.333 e. The third-order valence-electron chi connectivity index (χ3n) is 5.55. The fourth-order valence-electron chi connectivity index (χ4n) is 3.83. The molecule has 0 saturated carbocycles. The Morgan fingerprint density at radius 1 is 0.914 bits per heavy atom. The second-order valence-corrected chi connectivity index (χ2v) is 7.49. The number of fused-ring (bicyclic) bond motifs is 1. The lowest BCUT2D eigenvalue weighted by Crippen LogP contribution is -2.33. The van der Waals surface area contributed by atoms with Gasteiger partial charge in [-0.3, -0.25) is 4.79 Å². The normalized spacial score (nSPS) is 10.9. The number of ether oxygens (including phenoxy) is 3. The van der Waals surface area contributed by atoms with Crippen molar-refractivity contribution >= 4 is 10.9 Å². The highest BCUT2D eigenvalue weighted by atomic mass is 16.5. The molecule has 5 aromatic rings. The molecule has 2 heterocycles. The van der Waals surface area contributed by atoms with E-state index < -0.39 is 11.2 Å². The van der Waals surface area contributed by atoms with Crippen molar-refractivity contribution in [3.63, 3.8) is 0 Å². The maximum atomic E-state index is 13.1. The van der Waals surface area contributed by atoms with Crippen molar-refractivity contribution in [2.75, 3.05) is 21.3 Å². The molecule has 2 aromatic heterocycles. The van der Waals surface area contributed by atoms with Crippen LogP contribution in [0.4, 0.5) is 0 Å². The van der Waals surface area contributed by atoms with Crippen molar-refractivity contribution in [2.45, 2.75) is 0 Å². The van der Waals surface area contributed by atoms with Crippen LogP contribution in [0.5, 0.6) is 17.2 Å². The summed E-state index contributed by atoms with van der Waals surface area (Å²) in [7, 11) is 4.61. The third kappa shape index (κ3) is 3.80. The lowest BCUT2D eigenvalue weighted by Gasteiger charge is -2.09. The summed E-state index contributed by atoms with van der Waals surface area (Å²) in [6, 6.07) is 16.9. The number of hydrogen-bond acceptors (Lipinski definition) is 8. The van der Waals surface area contributed by atoms with Gasteiger partial charge >= 0.3 is 5.69 Å². The average molecular weight is 472 g/mol. The molecule has 3 aromatic carbocycles. The Kier molecular flexibility index (Phi) is 5.54. The van der Waals surface area contributed by atoms with E-state index in [1.807, 2.05) is 0 Å². The summed E-state index contributed by atoms with van der Waals surface area (Å²) in [4.78, 5) is 33.1. The van der Waals surface area contributed by atoms with Gasteiger partial charge in [-0.2, -0.15) is 4.98 Å². The van der Waals surface area contributed by atoms with Crippen molar-refractivity contribution in [3.05, 3.63) is 81.5 Å². The third-order valence-corrected chi connectivity index (χ3v) is 5.55. The number of rotatable bonds is 6. The van der Waals surface area contributed by atoms with E-state index in [0.29, 0.717) is 50.8 Å². The van der Waals surface area contributed by atoms with Gasteiger partial charge in [0.1, 0.15) is 5.75 Å². The molecule has 5 rings (SSSR count). The van der Waals surface area contributed by atoms with Gasteiger partial charge in [0.25, 0.3) is 11.4 Å². The zero-order chi connectivity index (χ0) is 24.5. The lowest BCUT2D eigenvalue weighted by atomic mass is 10.1. The number of H-pyrrole nitrogens is 1. The Balaban J connectivity index is 1.56. The van der Waals surface area contributed by atoms with E-state index in [2.05, 4.69) is 15.1 Å². The van der Waals surface area contributed by atoms with Crippen LogP contribution in [-0.2, 0) is 0 Å². The minimum Gasteiger partial charge on any atom is -0.497 e. The van der Waals surface area contributed by atoms with Gasteiger partial charge in [0.05, 0.1) is 43.5 Å². The number of nitrogens with one attached hydrogen (secondary N) is 1. The number of nitrogens with zero attached hydrogens (tertiary/aromatic N) is 3. The summed E-state index contributed by atoms with van der Waals surface area (Å²) in [5, 5.41) is 4.39. The number of hydrogen-bond donors (Lipinski definition) is 1. The van der Waals surface area contributed by atoms with Gasteiger partial charge in [-0.25, -0.2) is 9.36 Å². The number of para-hydroxylation sites is 1. The van der Waals surface area contributed by atoms with E-state index in [4.69, 9.17) is 18.7 Å². The van der Waals surface area contributed by atoms with E-state index in [0.717, 1.165) is 4.57 Å². The second kappa shape index (κ2) is 8.82. The van der Waals surface area contributed by atoms with Crippen molar-refractivity contribution in [2.24, 2.45) is 0 Å². The van der Waals surface area contributed by atoms with Crippen LogP contribution in [0.2, 0.25) is 0 Å². The molecule has 0 radical (unpaired) electrons. The average Bonchev–Trinajstić information content (AvgIpc) is 3.38. The molecule has 0 amide bonds. The van der Waals surface area contributed by atoms with Crippen LogP contribution in [-0.4, -0.2) is 41.0 Å². The summed E-state index contributed by atoms with van der Waals surface area (Å²) in [5.41, 5.74) is 0.886. The zero-order valence-corrected chi connectivity index (χ0v) is 19.1. The van der Waals surface area contributed by atoms with Gasteiger partial charge in [-0.05, 0) is 54.6 Å². The molecule has 10 nitrogen and oxygen atoms in total. The Morgan fingerprint density at radius 3 is 2.43 bits per heavy atom. The first-order valence-corrected chi connectivity index (χ1v) is 10.5. The largest absolute Gasteiger partial charge is 0.497 e. The maximum absolute atomic E-state index is 13.1. The quantitative estimate of drug-likeness (QED) is 0.399. The van der Waals surface area contributed by atoms with Crippen molar-refractivity contribution in [1.82, 2.24) is 19.7 Å². The van der Waals surface area contributed by atoms with Gasteiger partial charge < -0.3 is 23.7 Å². The molecule has 0 aliphatic carbocycles. The van der Waals surface area contributed by atoms with Crippen molar-refractivity contribution in [1.29, 1.82) is 0 Å². The van der Waals surface area contributed by atoms with Crippen LogP contribution in [0.1, 0.15) is 0 Å². The monoisotopic (exact) mass is 472 g/mol. The van der Waals surface area contributed by atoms with Crippen LogP contribution in [0.25, 0.3) is 39.4 Å². The molecular formula is C25H20N4O6. The first kappa shape index (κ1) is 22.0. The molecule has 10 heteroatoms. The predicted molar refractivity (Wildman–Crippen MR) is 129 cm³/mol. The molecule has 0 spiro atoms. The molecule has 0 fully saturated rings. The van der Waals surface area contributed by atoms with E-state index in [1.165, 1.54) is 7.11 Å². The van der Waals surface area contributed by atoms with Gasteiger partial charge in [0.2, 0.25) is 5.82 Å². The van der Waals surface area contributed by atoms with Crippen LogP contribution in [0.3, 0.4) is 0 Å². The highest BCUT2D eigenvalue weighted by molar-refractivity contribution is 5.82. The Hall–Kier alpha value is -4.86. The lowest BCUT2D eigenvalue weighted by molar-refractivity contribution is 0.355. The summed E-state index contributed by atoms with van der Waals surface area (Å²) < 4.78 is 22.4. The Labute approximate surface area is 198 Å². The van der Waals surface area contributed by atoms with Crippen LogP contribution in [0, 0.1) is 0 Å². The number of aromatic amines is 1. The molecule has 0 bridgehead atoms. The minimum absolute atomic E-state index is 0.215. The van der Waals surface area contributed by atoms with E-state index in [9.17, 15) is 9.59 Å². The van der Waals surface area contributed by atoms with Crippen molar-refractivity contribution < 1.29 is 18.7 Å². The fraction of sp³-hybridized carbons (Fsp3) is 0.120. The van der Waals surface area contributed by atoms with Crippen LogP contribution in [0.15, 0.2) is 74.8 Å². The molecule has 176 valence electrons. The first-order valence-electron chi connectivity index (χ1n) is 10.5. The number of aromatic nitrogens is 4. The highest BCUT2D eigenvalue weighted by Gasteiger charge is 2.18. The van der Waals surface area contributed by atoms with E-state index in [-0.39, 0.29) is 5.89 Å². The standard InChI is InChI=1S/C25H20N4O6/c1-32-16-10-8-15(9-11-16)29-24(30)17-12-7-14(13-19(17)26-25(29)31)23-27-22(28-35-23)18-5-4-6-20(33-2)21(18)34-3/h4-13H,1-3H3,(H,26,31). The molecule has 0 aliphatic heterocycles. The SMILES string of the molecule is COc1ccc(-n2c(=O)[nH]c3cc(-c4nc(-c5cccc(OC)c5OC)no4)ccc3c2=O)cc1. The van der Waals surface area contributed by atoms with Gasteiger partial charge in [0, 0.05) is 5.56 Å². The molecule has 0 unspecified atom stereocenters. The first-order chi connectivity index (χ1) is 17.0. The zero-order valence-electron chi connectivity index (χ0n) is 19.1. The maximum Gasteiger partial charge on any atom is 0.333 e. The topological polar surface area (TPSA) is 121 Å². The number of benzene rings is 3. The van der Waals surface area contributed by atoms with Gasteiger partial charge in [-0.15, -0.1) is 0 Å².